The minimum Gasteiger partial charge on any atom is -0.496 e. The van der Waals surface area contributed by atoms with Gasteiger partial charge in [0.1, 0.15) is 10.6 Å². The minimum absolute atomic E-state index is 0.0993. The largest absolute Gasteiger partial charge is 0.496 e. The second-order valence-corrected chi connectivity index (χ2v) is 7.90. The maximum absolute atomic E-state index is 12.7. The van der Waals surface area contributed by atoms with Crippen LogP contribution in [-0.2, 0) is 4.74 Å². The van der Waals surface area contributed by atoms with E-state index in [1.807, 2.05) is 32.0 Å². The van der Waals surface area contributed by atoms with Crippen LogP contribution in [0.2, 0.25) is 0 Å². The zero-order valence-electron chi connectivity index (χ0n) is 14.6. The lowest BCUT2D eigenvalue weighted by molar-refractivity contribution is 0.218. The van der Waals surface area contributed by atoms with Gasteiger partial charge in [0, 0.05) is 23.3 Å². The van der Waals surface area contributed by atoms with Gasteiger partial charge in [-0.2, -0.15) is 0 Å². The van der Waals surface area contributed by atoms with Crippen LogP contribution in [-0.4, -0.2) is 36.5 Å². The van der Waals surface area contributed by atoms with Crippen molar-refractivity contribution < 1.29 is 9.47 Å². The van der Waals surface area contributed by atoms with Crippen LogP contribution in [0.1, 0.15) is 10.4 Å². The second-order valence-electron chi connectivity index (χ2n) is 5.61. The monoisotopic (exact) mass is 376 g/mol. The van der Waals surface area contributed by atoms with Gasteiger partial charge in [0.05, 0.1) is 19.1 Å². The first-order valence-electron chi connectivity index (χ1n) is 7.85. The number of methoxy groups -OCH3 is 2. The van der Waals surface area contributed by atoms with Crippen LogP contribution in [0.4, 0.5) is 0 Å². The average Bonchev–Trinajstić information content (AvgIpc) is 2.91. The Morgan fingerprint density at radius 3 is 2.76 bits per heavy atom. The Hall–Kier alpha value is -1.83. The number of fused-ring (bicyclic) bond motifs is 1. The summed E-state index contributed by atoms with van der Waals surface area (Å²) in [6.07, 6.45) is 0. The fraction of sp³-hybridized carbons (Fsp3) is 0.333. The van der Waals surface area contributed by atoms with Crippen molar-refractivity contribution in [1.29, 1.82) is 0 Å². The summed E-state index contributed by atoms with van der Waals surface area (Å²) in [5.41, 5.74) is 2.90. The lowest BCUT2D eigenvalue weighted by Crippen LogP contribution is -2.09. The third-order valence-corrected chi connectivity index (χ3v) is 5.76. The number of nitrogens with zero attached hydrogens (tertiary/aromatic N) is 1. The molecule has 1 aromatic carbocycles. The molecule has 0 amide bonds. The number of nitrogens with one attached hydrogen (secondary N) is 1. The molecular weight excluding hydrogens is 356 g/mol. The predicted octanol–water partition coefficient (Wildman–Crippen LogP) is 4.02. The molecular formula is C18H20N2O3S2. The van der Waals surface area contributed by atoms with E-state index in [0.29, 0.717) is 17.1 Å². The van der Waals surface area contributed by atoms with Crippen molar-refractivity contribution in [3.8, 4) is 16.9 Å². The molecule has 0 unspecified atom stereocenters. The highest BCUT2D eigenvalue weighted by atomic mass is 32.2. The lowest BCUT2D eigenvalue weighted by Gasteiger charge is -2.08. The molecule has 132 valence electrons. The molecule has 3 aromatic rings. The van der Waals surface area contributed by atoms with Crippen molar-refractivity contribution in [2.45, 2.75) is 19.0 Å². The Balaban J connectivity index is 2.09. The number of thioether (sulfide) groups is 1. The zero-order valence-corrected chi connectivity index (χ0v) is 16.3. The highest BCUT2D eigenvalue weighted by molar-refractivity contribution is 7.99. The Morgan fingerprint density at radius 1 is 1.28 bits per heavy atom. The Labute approximate surface area is 154 Å². The molecule has 0 radical (unpaired) electrons. The van der Waals surface area contributed by atoms with Gasteiger partial charge in [-0.1, -0.05) is 17.8 Å². The summed E-state index contributed by atoms with van der Waals surface area (Å²) in [5.74, 6) is 1.59. The molecule has 0 saturated carbocycles. The minimum atomic E-state index is -0.0993. The average molecular weight is 377 g/mol. The number of hydrogen-bond acceptors (Lipinski definition) is 6. The molecule has 0 saturated heterocycles. The Kier molecular flexibility index (Phi) is 5.46. The highest BCUT2D eigenvalue weighted by Gasteiger charge is 2.17. The number of aryl methyl sites for hydroxylation is 2. The number of benzene rings is 1. The molecule has 2 aromatic heterocycles. The van der Waals surface area contributed by atoms with Crippen LogP contribution < -0.4 is 10.3 Å². The van der Waals surface area contributed by atoms with Crippen molar-refractivity contribution in [3.05, 3.63) is 39.0 Å². The molecule has 2 heterocycles. The fourth-order valence-electron chi connectivity index (χ4n) is 2.77. The first-order valence-corrected chi connectivity index (χ1v) is 9.65. The SMILES string of the molecule is COCCSc1nc2sc(C)c(-c3ccc(OC)c(C)c3)c2c(=O)[nH]1. The molecule has 0 aliphatic rings. The summed E-state index contributed by atoms with van der Waals surface area (Å²) in [6, 6.07) is 5.97. The van der Waals surface area contributed by atoms with Crippen molar-refractivity contribution in [2.24, 2.45) is 0 Å². The third kappa shape index (κ3) is 3.58. The quantitative estimate of drug-likeness (QED) is 0.400. The summed E-state index contributed by atoms with van der Waals surface area (Å²) in [7, 11) is 3.32. The number of ether oxygens (including phenoxy) is 2. The maximum atomic E-state index is 12.7. The first kappa shape index (κ1) is 18.0. The van der Waals surface area contributed by atoms with E-state index in [2.05, 4.69) is 9.97 Å². The number of rotatable bonds is 6. The lowest BCUT2D eigenvalue weighted by atomic mass is 10.0. The van der Waals surface area contributed by atoms with Gasteiger partial charge >= 0.3 is 0 Å². The fourth-order valence-corrected chi connectivity index (χ4v) is 4.64. The van der Waals surface area contributed by atoms with Crippen LogP contribution in [0.25, 0.3) is 21.3 Å². The Morgan fingerprint density at radius 2 is 2.08 bits per heavy atom. The van der Waals surface area contributed by atoms with Gasteiger partial charge in [-0.05, 0) is 37.1 Å². The molecule has 3 rings (SSSR count). The van der Waals surface area contributed by atoms with Gasteiger partial charge in [-0.3, -0.25) is 4.79 Å². The van der Waals surface area contributed by atoms with E-state index in [1.54, 1.807) is 25.6 Å². The number of aromatic amines is 1. The van der Waals surface area contributed by atoms with E-state index in [1.165, 1.54) is 11.8 Å². The van der Waals surface area contributed by atoms with Crippen LogP contribution in [0.5, 0.6) is 5.75 Å². The standard InChI is InChI=1S/C18H20N2O3S2/c1-10-9-12(5-6-13(10)23-4)14-11(2)25-17-15(14)16(21)19-18(20-17)24-8-7-22-3/h5-6,9H,7-8H2,1-4H3,(H,19,20,21). The van der Waals surface area contributed by atoms with Gasteiger partial charge in [0.25, 0.3) is 5.56 Å². The smallest absolute Gasteiger partial charge is 0.260 e. The molecule has 0 aliphatic heterocycles. The normalized spacial score (nSPS) is 11.2. The van der Waals surface area contributed by atoms with E-state index in [-0.39, 0.29) is 5.56 Å². The third-order valence-electron chi connectivity index (χ3n) is 3.93. The summed E-state index contributed by atoms with van der Waals surface area (Å²) in [5, 5.41) is 1.29. The highest BCUT2D eigenvalue weighted by Crippen LogP contribution is 2.37. The van der Waals surface area contributed by atoms with Crippen molar-refractivity contribution >= 4 is 33.3 Å². The summed E-state index contributed by atoms with van der Waals surface area (Å²) in [6.45, 7) is 4.64. The summed E-state index contributed by atoms with van der Waals surface area (Å²) >= 11 is 3.04. The molecule has 0 spiro atoms. The topological polar surface area (TPSA) is 64.2 Å². The van der Waals surface area contributed by atoms with Gasteiger partial charge in [-0.25, -0.2) is 4.98 Å². The van der Waals surface area contributed by atoms with E-state index < -0.39 is 0 Å². The molecule has 0 fully saturated rings. The molecule has 0 atom stereocenters. The van der Waals surface area contributed by atoms with Crippen molar-refractivity contribution in [3.63, 3.8) is 0 Å². The predicted molar refractivity (Wildman–Crippen MR) is 104 cm³/mol. The van der Waals surface area contributed by atoms with Crippen LogP contribution >= 0.6 is 23.1 Å². The zero-order chi connectivity index (χ0) is 18.0. The van der Waals surface area contributed by atoms with Gasteiger partial charge in [-0.15, -0.1) is 11.3 Å². The van der Waals surface area contributed by atoms with E-state index in [4.69, 9.17) is 9.47 Å². The summed E-state index contributed by atoms with van der Waals surface area (Å²) in [4.78, 5) is 22.0. The van der Waals surface area contributed by atoms with Gasteiger partial charge < -0.3 is 14.5 Å². The number of thiophene rings is 1. The Bertz CT molecular complexity index is 963. The summed E-state index contributed by atoms with van der Waals surface area (Å²) < 4.78 is 10.4. The molecule has 1 N–H and O–H groups in total. The molecule has 5 nitrogen and oxygen atoms in total. The number of hydrogen-bond donors (Lipinski definition) is 1. The van der Waals surface area contributed by atoms with Crippen LogP contribution in [0.3, 0.4) is 0 Å². The van der Waals surface area contributed by atoms with Gasteiger partial charge in [0.2, 0.25) is 0 Å². The van der Waals surface area contributed by atoms with Crippen LogP contribution in [0.15, 0.2) is 28.2 Å². The molecule has 25 heavy (non-hydrogen) atoms. The van der Waals surface area contributed by atoms with Gasteiger partial charge in [0.15, 0.2) is 5.16 Å². The van der Waals surface area contributed by atoms with Crippen molar-refractivity contribution in [1.82, 2.24) is 9.97 Å². The molecule has 0 aliphatic carbocycles. The van der Waals surface area contributed by atoms with E-state index in [9.17, 15) is 4.79 Å². The van der Waals surface area contributed by atoms with Crippen molar-refractivity contribution in [2.75, 3.05) is 26.6 Å². The van der Waals surface area contributed by atoms with E-state index >= 15 is 0 Å². The first-order chi connectivity index (χ1) is 12.0. The second kappa shape index (κ2) is 7.59. The number of H-pyrrole nitrogens is 1. The van der Waals surface area contributed by atoms with E-state index in [0.717, 1.165) is 37.9 Å². The number of aromatic nitrogens is 2. The van der Waals surface area contributed by atoms with Crippen LogP contribution in [0, 0.1) is 13.8 Å². The molecule has 0 bridgehead atoms. The molecule has 7 heteroatoms. The maximum Gasteiger partial charge on any atom is 0.260 e.